The van der Waals surface area contributed by atoms with Gasteiger partial charge in [0.05, 0.1) is 23.5 Å². The minimum absolute atomic E-state index is 0.0784. The molecular weight excluding hydrogens is 457 g/mol. The van der Waals surface area contributed by atoms with Gasteiger partial charge in [-0.25, -0.2) is 22.8 Å². The van der Waals surface area contributed by atoms with Crippen molar-refractivity contribution in [1.29, 1.82) is 0 Å². The number of sulfone groups is 1. The number of anilines is 3. The second-order valence-electron chi connectivity index (χ2n) is 8.70. The summed E-state index contributed by atoms with van der Waals surface area (Å²) in [5.74, 6) is 1.83. The number of aromatic nitrogens is 5. The molecule has 0 bridgehead atoms. The maximum Gasteiger partial charge on any atom is 0.163 e. The van der Waals surface area contributed by atoms with Gasteiger partial charge in [0.15, 0.2) is 15.5 Å². The van der Waals surface area contributed by atoms with Crippen LogP contribution in [0.25, 0.3) is 5.65 Å². The van der Waals surface area contributed by atoms with Crippen LogP contribution in [-0.2, 0) is 16.9 Å². The van der Waals surface area contributed by atoms with Crippen LogP contribution in [0.3, 0.4) is 0 Å². The fourth-order valence-corrected chi connectivity index (χ4v) is 5.59. The highest BCUT2D eigenvalue weighted by molar-refractivity contribution is 7.91. The van der Waals surface area contributed by atoms with E-state index in [4.69, 9.17) is 10.1 Å². The third kappa shape index (κ3) is 4.23. The SMILES string of the molecule is Cc1nn2c(N3CCS(=O)(=O)CC3)cc(Nc3cn(C)cn3)nc2c1[C@H](C)c1ccc(F)cc1. The molecule has 0 spiro atoms. The van der Waals surface area contributed by atoms with Crippen LogP contribution in [0.1, 0.15) is 29.7 Å². The van der Waals surface area contributed by atoms with Gasteiger partial charge in [0.2, 0.25) is 0 Å². The predicted molar refractivity (Wildman–Crippen MR) is 129 cm³/mol. The topological polar surface area (TPSA) is 97.4 Å². The molecule has 178 valence electrons. The first-order chi connectivity index (χ1) is 16.2. The first-order valence-corrected chi connectivity index (χ1v) is 12.9. The molecule has 0 unspecified atom stereocenters. The van der Waals surface area contributed by atoms with Crippen molar-refractivity contribution in [1.82, 2.24) is 24.1 Å². The number of rotatable bonds is 5. The predicted octanol–water partition coefficient (Wildman–Crippen LogP) is 3.04. The lowest BCUT2D eigenvalue weighted by Crippen LogP contribution is -2.41. The van der Waals surface area contributed by atoms with Gasteiger partial charge < -0.3 is 14.8 Å². The van der Waals surface area contributed by atoms with Gasteiger partial charge in [-0.2, -0.15) is 9.61 Å². The Morgan fingerprint density at radius 3 is 2.47 bits per heavy atom. The van der Waals surface area contributed by atoms with E-state index in [-0.39, 0.29) is 23.2 Å². The summed E-state index contributed by atoms with van der Waals surface area (Å²) >= 11 is 0. The summed E-state index contributed by atoms with van der Waals surface area (Å²) in [7, 11) is -1.15. The summed E-state index contributed by atoms with van der Waals surface area (Å²) in [5, 5.41) is 8.04. The summed E-state index contributed by atoms with van der Waals surface area (Å²) in [4.78, 5) is 11.2. The molecule has 4 heterocycles. The Hall–Kier alpha value is -3.47. The van der Waals surface area contributed by atoms with E-state index in [0.29, 0.717) is 30.4 Å². The van der Waals surface area contributed by atoms with E-state index in [0.717, 1.165) is 22.6 Å². The number of nitrogens with zero attached hydrogens (tertiary/aromatic N) is 6. The normalized spacial score (nSPS) is 16.6. The van der Waals surface area contributed by atoms with Crippen molar-refractivity contribution in [2.75, 3.05) is 34.8 Å². The molecule has 0 amide bonds. The fraction of sp³-hybridized carbons (Fsp3) is 0.348. The molecule has 1 aliphatic rings. The molecule has 11 heteroatoms. The van der Waals surface area contributed by atoms with Gasteiger partial charge in [-0.1, -0.05) is 19.1 Å². The molecule has 1 aliphatic heterocycles. The molecule has 3 aromatic heterocycles. The number of aryl methyl sites for hydroxylation is 2. The van der Waals surface area contributed by atoms with Gasteiger partial charge in [-0.3, -0.25) is 0 Å². The molecule has 1 N–H and O–H groups in total. The lowest BCUT2D eigenvalue weighted by atomic mass is 9.93. The maximum absolute atomic E-state index is 13.5. The van der Waals surface area contributed by atoms with Crippen molar-refractivity contribution >= 4 is 32.9 Å². The average molecular weight is 484 g/mol. The largest absolute Gasteiger partial charge is 0.354 e. The molecule has 1 atom stereocenters. The van der Waals surface area contributed by atoms with Gasteiger partial charge in [0, 0.05) is 43.9 Å². The van der Waals surface area contributed by atoms with E-state index < -0.39 is 9.84 Å². The first kappa shape index (κ1) is 22.3. The Bertz CT molecular complexity index is 1450. The van der Waals surface area contributed by atoms with E-state index in [1.807, 2.05) is 42.6 Å². The second kappa shape index (κ2) is 8.39. The molecule has 1 fully saturated rings. The minimum Gasteiger partial charge on any atom is -0.354 e. The minimum atomic E-state index is -3.03. The van der Waals surface area contributed by atoms with Crippen LogP contribution in [0, 0.1) is 12.7 Å². The zero-order valence-electron chi connectivity index (χ0n) is 19.2. The second-order valence-corrected chi connectivity index (χ2v) is 11.0. The summed E-state index contributed by atoms with van der Waals surface area (Å²) < 4.78 is 41.2. The van der Waals surface area contributed by atoms with Crippen molar-refractivity contribution in [3.05, 3.63) is 65.5 Å². The number of halogens is 1. The molecule has 1 aromatic carbocycles. The highest BCUT2D eigenvalue weighted by Gasteiger charge is 2.27. The van der Waals surface area contributed by atoms with Crippen LogP contribution < -0.4 is 10.2 Å². The van der Waals surface area contributed by atoms with E-state index in [9.17, 15) is 12.8 Å². The monoisotopic (exact) mass is 483 g/mol. The summed E-state index contributed by atoms with van der Waals surface area (Å²) in [6.45, 7) is 4.74. The van der Waals surface area contributed by atoms with Crippen molar-refractivity contribution in [3.8, 4) is 0 Å². The zero-order valence-corrected chi connectivity index (χ0v) is 20.0. The standard InChI is InChI=1S/C23H26FN7O2S/c1-15(17-4-6-18(24)7-5-17)22-16(2)28-31-21(30-8-10-34(32,33)11-9-30)12-19(27-23(22)31)26-20-13-29(3)14-25-20/h4-7,12-15H,8-11H2,1-3H3,(H,26,27)/t15-/m1/s1. The van der Waals surface area contributed by atoms with Crippen molar-refractivity contribution in [2.24, 2.45) is 7.05 Å². The summed E-state index contributed by atoms with van der Waals surface area (Å²) in [6, 6.07) is 8.32. The van der Waals surface area contributed by atoms with E-state index in [1.54, 1.807) is 23.0 Å². The number of imidazole rings is 1. The Kier molecular flexibility index (Phi) is 5.51. The number of hydrogen-bond donors (Lipinski definition) is 1. The van der Waals surface area contributed by atoms with E-state index in [2.05, 4.69) is 10.3 Å². The lowest BCUT2D eigenvalue weighted by Gasteiger charge is -2.29. The van der Waals surface area contributed by atoms with Gasteiger partial charge in [-0.15, -0.1) is 0 Å². The van der Waals surface area contributed by atoms with Gasteiger partial charge >= 0.3 is 0 Å². The number of fused-ring (bicyclic) bond motifs is 1. The maximum atomic E-state index is 13.5. The Morgan fingerprint density at radius 2 is 1.82 bits per heavy atom. The van der Waals surface area contributed by atoms with Crippen molar-refractivity contribution < 1.29 is 12.8 Å². The van der Waals surface area contributed by atoms with Crippen LogP contribution in [-0.4, -0.2) is 57.2 Å². The average Bonchev–Trinajstić information content (AvgIpc) is 3.35. The van der Waals surface area contributed by atoms with Crippen molar-refractivity contribution in [3.63, 3.8) is 0 Å². The first-order valence-electron chi connectivity index (χ1n) is 11.1. The third-order valence-corrected chi connectivity index (χ3v) is 7.83. The Labute approximate surface area is 197 Å². The van der Waals surface area contributed by atoms with Crippen LogP contribution in [0.4, 0.5) is 21.8 Å². The molecule has 1 saturated heterocycles. The Balaban J connectivity index is 1.64. The zero-order chi connectivity index (χ0) is 24.0. The Morgan fingerprint density at radius 1 is 1.12 bits per heavy atom. The molecule has 34 heavy (non-hydrogen) atoms. The highest BCUT2D eigenvalue weighted by Crippen LogP contribution is 2.33. The molecule has 0 aliphatic carbocycles. The van der Waals surface area contributed by atoms with Crippen molar-refractivity contribution in [2.45, 2.75) is 19.8 Å². The molecule has 4 aromatic rings. The fourth-order valence-electron chi connectivity index (χ4n) is 4.39. The molecule has 9 nitrogen and oxygen atoms in total. The van der Waals surface area contributed by atoms with Crippen LogP contribution >= 0.6 is 0 Å². The smallest absolute Gasteiger partial charge is 0.163 e. The van der Waals surface area contributed by atoms with E-state index in [1.165, 1.54) is 12.1 Å². The third-order valence-electron chi connectivity index (χ3n) is 6.22. The number of benzene rings is 1. The van der Waals surface area contributed by atoms with Gasteiger partial charge in [-0.05, 0) is 24.6 Å². The van der Waals surface area contributed by atoms with Crippen LogP contribution in [0.5, 0.6) is 0 Å². The number of nitrogens with one attached hydrogen (secondary N) is 1. The van der Waals surface area contributed by atoms with E-state index >= 15 is 0 Å². The summed E-state index contributed by atoms with van der Waals surface area (Å²) in [5.41, 5.74) is 3.36. The van der Waals surface area contributed by atoms with Crippen LogP contribution in [0.15, 0.2) is 42.9 Å². The molecular formula is C23H26FN7O2S. The molecule has 0 radical (unpaired) electrons. The lowest BCUT2D eigenvalue weighted by molar-refractivity contribution is 0.585. The number of hydrogen-bond acceptors (Lipinski definition) is 7. The highest BCUT2D eigenvalue weighted by atomic mass is 32.2. The van der Waals surface area contributed by atoms with Gasteiger partial charge in [0.1, 0.15) is 23.3 Å². The molecule has 0 saturated carbocycles. The quantitative estimate of drug-likeness (QED) is 0.466. The molecule has 5 rings (SSSR count). The summed E-state index contributed by atoms with van der Waals surface area (Å²) in [6.07, 6.45) is 3.55. The van der Waals surface area contributed by atoms with Gasteiger partial charge in [0.25, 0.3) is 0 Å². The van der Waals surface area contributed by atoms with Crippen LogP contribution in [0.2, 0.25) is 0 Å².